The van der Waals surface area contributed by atoms with Gasteiger partial charge in [-0.3, -0.25) is 9.78 Å². The van der Waals surface area contributed by atoms with Crippen molar-refractivity contribution in [3.8, 4) is 0 Å². The Morgan fingerprint density at radius 3 is 2.76 bits per heavy atom. The van der Waals surface area contributed by atoms with Gasteiger partial charge in [-0.25, -0.2) is 10.2 Å². The summed E-state index contributed by atoms with van der Waals surface area (Å²) in [7, 11) is 0. The van der Waals surface area contributed by atoms with E-state index in [1.165, 1.54) is 6.21 Å². The van der Waals surface area contributed by atoms with Crippen molar-refractivity contribution in [1.82, 2.24) is 15.7 Å². The second kappa shape index (κ2) is 7.74. The second-order valence-electron chi connectivity index (χ2n) is 6.56. The van der Waals surface area contributed by atoms with Crippen LogP contribution in [0.4, 0.5) is 4.79 Å². The molecule has 0 fully saturated rings. The van der Waals surface area contributed by atoms with Gasteiger partial charge >= 0.3 is 6.09 Å². The molecule has 2 amide bonds. The minimum absolute atomic E-state index is 0.440. The Labute approximate surface area is 146 Å². The number of pyridine rings is 1. The van der Waals surface area contributed by atoms with E-state index in [-0.39, 0.29) is 0 Å². The highest BCUT2D eigenvalue weighted by molar-refractivity contribution is 5.90. The molecule has 1 aromatic carbocycles. The SMILES string of the molecule is C[C@@H](NC(=O)OC(C)(C)C)C(=O)N/N=C/c1ccc2ncccc2c1. The molecule has 25 heavy (non-hydrogen) atoms. The zero-order chi connectivity index (χ0) is 18.4. The summed E-state index contributed by atoms with van der Waals surface area (Å²) in [6.07, 6.45) is 2.61. The maximum absolute atomic E-state index is 11.9. The van der Waals surface area contributed by atoms with Crippen molar-refractivity contribution >= 4 is 29.1 Å². The molecule has 2 aromatic rings. The molecule has 7 nitrogen and oxygen atoms in total. The van der Waals surface area contributed by atoms with Gasteiger partial charge in [0.1, 0.15) is 11.6 Å². The van der Waals surface area contributed by atoms with Gasteiger partial charge in [0.2, 0.25) is 0 Å². The van der Waals surface area contributed by atoms with Gasteiger partial charge in [0, 0.05) is 11.6 Å². The number of ether oxygens (including phenoxy) is 1. The summed E-state index contributed by atoms with van der Waals surface area (Å²) in [6.45, 7) is 6.80. The number of carbonyl (C=O) groups excluding carboxylic acids is 2. The molecule has 0 spiro atoms. The van der Waals surface area contributed by atoms with Crippen LogP contribution >= 0.6 is 0 Å². The molecule has 0 saturated carbocycles. The fraction of sp³-hybridized carbons (Fsp3) is 0.333. The Bertz CT molecular complexity index is 796. The van der Waals surface area contributed by atoms with Crippen molar-refractivity contribution in [3.63, 3.8) is 0 Å². The topological polar surface area (TPSA) is 92.7 Å². The molecule has 132 valence electrons. The maximum Gasteiger partial charge on any atom is 0.408 e. The summed E-state index contributed by atoms with van der Waals surface area (Å²) >= 11 is 0. The molecule has 0 saturated heterocycles. The molecule has 0 aliphatic heterocycles. The smallest absolute Gasteiger partial charge is 0.408 e. The van der Waals surface area contributed by atoms with Gasteiger partial charge in [0.25, 0.3) is 5.91 Å². The monoisotopic (exact) mass is 342 g/mol. The molecule has 1 atom stereocenters. The zero-order valence-corrected chi connectivity index (χ0v) is 14.7. The van der Waals surface area contributed by atoms with E-state index in [0.717, 1.165) is 16.5 Å². The van der Waals surface area contributed by atoms with Crippen LogP contribution in [0.2, 0.25) is 0 Å². The highest BCUT2D eigenvalue weighted by atomic mass is 16.6. The number of hydrogen-bond acceptors (Lipinski definition) is 5. The molecular weight excluding hydrogens is 320 g/mol. The number of aromatic nitrogens is 1. The van der Waals surface area contributed by atoms with E-state index in [2.05, 4.69) is 20.8 Å². The molecule has 1 aromatic heterocycles. The number of nitrogens with one attached hydrogen (secondary N) is 2. The number of alkyl carbamates (subject to hydrolysis) is 1. The van der Waals surface area contributed by atoms with Gasteiger partial charge in [-0.2, -0.15) is 5.10 Å². The predicted octanol–water partition coefficient (Wildman–Crippen LogP) is 2.60. The van der Waals surface area contributed by atoms with Gasteiger partial charge in [-0.05, 0) is 51.5 Å². The second-order valence-corrected chi connectivity index (χ2v) is 6.56. The van der Waals surface area contributed by atoms with E-state index in [4.69, 9.17) is 4.74 Å². The largest absolute Gasteiger partial charge is 0.444 e. The third-order valence-electron chi connectivity index (χ3n) is 3.14. The van der Waals surface area contributed by atoms with Crippen molar-refractivity contribution in [2.45, 2.75) is 39.3 Å². The molecule has 1 heterocycles. The summed E-state index contributed by atoms with van der Waals surface area (Å²) in [4.78, 5) is 27.8. The summed E-state index contributed by atoms with van der Waals surface area (Å²) in [5, 5.41) is 7.35. The lowest BCUT2D eigenvalue weighted by atomic mass is 10.1. The van der Waals surface area contributed by atoms with Crippen LogP contribution in [0.3, 0.4) is 0 Å². The van der Waals surface area contributed by atoms with Crippen LogP contribution in [-0.2, 0) is 9.53 Å². The lowest BCUT2D eigenvalue weighted by Gasteiger charge is -2.21. The fourth-order valence-electron chi connectivity index (χ4n) is 1.99. The standard InChI is InChI=1S/C18H22N4O3/c1-12(21-17(24)25-18(2,3)4)16(23)22-20-11-13-7-8-15-14(10-13)6-5-9-19-15/h5-12H,1-4H3,(H,21,24)(H,22,23)/b20-11+/t12-/m1/s1. The van der Waals surface area contributed by atoms with E-state index < -0.39 is 23.6 Å². The quantitative estimate of drug-likeness (QED) is 0.660. The molecule has 0 bridgehead atoms. The minimum Gasteiger partial charge on any atom is -0.444 e. The number of amides is 2. The lowest BCUT2D eigenvalue weighted by Crippen LogP contribution is -2.45. The number of hydrogen-bond donors (Lipinski definition) is 2. The summed E-state index contributed by atoms with van der Waals surface area (Å²) < 4.78 is 5.10. The first-order valence-electron chi connectivity index (χ1n) is 7.92. The zero-order valence-electron chi connectivity index (χ0n) is 14.7. The highest BCUT2D eigenvalue weighted by Gasteiger charge is 2.20. The number of hydrazone groups is 1. The van der Waals surface area contributed by atoms with E-state index in [0.29, 0.717) is 0 Å². The average Bonchev–Trinajstić information content (AvgIpc) is 2.52. The van der Waals surface area contributed by atoms with E-state index in [1.54, 1.807) is 33.9 Å². The van der Waals surface area contributed by atoms with Crippen molar-refractivity contribution < 1.29 is 14.3 Å². The number of benzene rings is 1. The molecular formula is C18H22N4O3. The first-order chi connectivity index (χ1) is 11.7. The van der Waals surface area contributed by atoms with Crippen LogP contribution in [0.15, 0.2) is 41.6 Å². The Kier molecular flexibility index (Phi) is 5.69. The summed E-state index contributed by atoms with van der Waals surface area (Å²) in [5.41, 5.74) is 3.49. The Hall–Kier alpha value is -2.96. The normalized spacial score (nSPS) is 12.8. The van der Waals surface area contributed by atoms with Crippen LogP contribution in [-0.4, -0.2) is 34.8 Å². The molecule has 7 heteroatoms. The van der Waals surface area contributed by atoms with Crippen LogP contribution < -0.4 is 10.7 Å². The summed E-state index contributed by atoms with van der Waals surface area (Å²) in [5.74, 6) is -0.440. The van der Waals surface area contributed by atoms with Gasteiger partial charge in [-0.1, -0.05) is 12.1 Å². The van der Waals surface area contributed by atoms with Gasteiger partial charge in [0.15, 0.2) is 0 Å². The Morgan fingerprint density at radius 2 is 2.04 bits per heavy atom. The summed E-state index contributed by atoms with van der Waals surface area (Å²) in [6, 6.07) is 8.69. The van der Waals surface area contributed by atoms with Crippen molar-refractivity contribution in [1.29, 1.82) is 0 Å². The number of nitrogens with zero attached hydrogens (tertiary/aromatic N) is 2. The lowest BCUT2D eigenvalue weighted by molar-refractivity contribution is -0.122. The highest BCUT2D eigenvalue weighted by Crippen LogP contribution is 2.11. The predicted molar refractivity (Wildman–Crippen MR) is 96.3 cm³/mol. The first kappa shape index (κ1) is 18.4. The number of rotatable bonds is 4. The molecule has 2 N–H and O–H groups in total. The third kappa shape index (κ3) is 5.87. The Balaban J connectivity index is 1.89. The average molecular weight is 342 g/mol. The van der Waals surface area contributed by atoms with Crippen LogP contribution in [0, 0.1) is 0 Å². The molecule has 2 rings (SSSR count). The van der Waals surface area contributed by atoms with Crippen LogP contribution in [0.25, 0.3) is 10.9 Å². The maximum atomic E-state index is 11.9. The van der Waals surface area contributed by atoms with Crippen LogP contribution in [0.1, 0.15) is 33.3 Å². The Morgan fingerprint density at radius 1 is 1.28 bits per heavy atom. The van der Waals surface area contributed by atoms with E-state index in [1.807, 2.05) is 30.3 Å². The van der Waals surface area contributed by atoms with Gasteiger partial charge < -0.3 is 10.1 Å². The molecule has 0 aliphatic carbocycles. The third-order valence-corrected chi connectivity index (χ3v) is 3.14. The molecule has 0 unspecified atom stereocenters. The number of fused-ring (bicyclic) bond motifs is 1. The van der Waals surface area contributed by atoms with E-state index in [9.17, 15) is 9.59 Å². The minimum atomic E-state index is -0.771. The van der Waals surface area contributed by atoms with Crippen molar-refractivity contribution in [3.05, 3.63) is 42.1 Å². The van der Waals surface area contributed by atoms with Crippen molar-refractivity contribution in [2.75, 3.05) is 0 Å². The van der Waals surface area contributed by atoms with Crippen LogP contribution in [0.5, 0.6) is 0 Å². The molecule has 0 radical (unpaired) electrons. The fourth-order valence-corrected chi connectivity index (χ4v) is 1.99. The molecule has 0 aliphatic rings. The van der Waals surface area contributed by atoms with Gasteiger partial charge in [0.05, 0.1) is 11.7 Å². The van der Waals surface area contributed by atoms with E-state index >= 15 is 0 Å². The van der Waals surface area contributed by atoms with Crippen molar-refractivity contribution in [2.24, 2.45) is 5.10 Å². The first-order valence-corrected chi connectivity index (χ1v) is 7.92. The van der Waals surface area contributed by atoms with Gasteiger partial charge in [-0.15, -0.1) is 0 Å². The number of carbonyl (C=O) groups is 2.